The summed E-state index contributed by atoms with van der Waals surface area (Å²) >= 11 is 12.0. The van der Waals surface area contributed by atoms with Crippen LogP contribution in [0.3, 0.4) is 0 Å². The van der Waals surface area contributed by atoms with Gasteiger partial charge in [-0.05, 0) is 23.8 Å². The first-order valence-electron chi connectivity index (χ1n) is 6.88. The highest BCUT2D eigenvalue weighted by Crippen LogP contribution is 2.38. The number of carbonyl (C=O) groups is 2. The summed E-state index contributed by atoms with van der Waals surface area (Å²) in [6.45, 7) is 1.77. The summed E-state index contributed by atoms with van der Waals surface area (Å²) in [6, 6.07) is 14.0. The lowest BCUT2D eigenvalue weighted by molar-refractivity contribution is -0.122. The van der Waals surface area contributed by atoms with E-state index in [9.17, 15) is 9.59 Å². The standard InChI is InChI=1S/C17H13Cl2NO2/c1-10-15(11-5-3-2-4-6-11)17(22)20(16(10)21)14-8-12(18)7-13(19)9-14/h2-10,15H,1H3/t10-,15?/m0/s1. The number of hydrogen-bond donors (Lipinski definition) is 0. The molecule has 0 spiro atoms. The molecule has 0 saturated carbocycles. The summed E-state index contributed by atoms with van der Waals surface area (Å²) in [7, 11) is 0. The Kier molecular flexibility index (Phi) is 3.94. The Morgan fingerprint density at radius 2 is 1.50 bits per heavy atom. The van der Waals surface area contributed by atoms with Gasteiger partial charge < -0.3 is 0 Å². The fourth-order valence-electron chi connectivity index (χ4n) is 2.82. The maximum atomic E-state index is 12.8. The highest BCUT2D eigenvalue weighted by molar-refractivity contribution is 6.35. The average molecular weight is 334 g/mol. The maximum absolute atomic E-state index is 12.8. The molecule has 1 saturated heterocycles. The molecule has 0 aromatic heterocycles. The predicted octanol–water partition coefficient (Wildman–Crippen LogP) is 4.29. The molecule has 2 aromatic carbocycles. The third-order valence-electron chi connectivity index (χ3n) is 3.86. The van der Waals surface area contributed by atoms with Crippen LogP contribution in [0.15, 0.2) is 48.5 Å². The van der Waals surface area contributed by atoms with E-state index in [1.54, 1.807) is 25.1 Å². The van der Waals surface area contributed by atoms with Crippen LogP contribution in [-0.4, -0.2) is 11.8 Å². The lowest BCUT2D eigenvalue weighted by atomic mass is 9.89. The van der Waals surface area contributed by atoms with Gasteiger partial charge in [-0.2, -0.15) is 0 Å². The largest absolute Gasteiger partial charge is 0.274 e. The Hall–Kier alpha value is -1.84. The molecule has 3 nitrogen and oxygen atoms in total. The zero-order valence-corrected chi connectivity index (χ0v) is 13.3. The van der Waals surface area contributed by atoms with Crippen LogP contribution in [0.4, 0.5) is 5.69 Å². The van der Waals surface area contributed by atoms with Crippen LogP contribution >= 0.6 is 23.2 Å². The van der Waals surface area contributed by atoms with Crippen LogP contribution in [0.25, 0.3) is 0 Å². The number of benzene rings is 2. The Balaban J connectivity index is 2.04. The molecule has 0 radical (unpaired) electrons. The molecule has 2 atom stereocenters. The lowest BCUT2D eigenvalue weighted by Gasteiger charge is -2.15. The summed E-state index contributed by atoms with van der Waals surface area (Å²) in [5, 5.41) is 0.776. The summed E-state index contributed by atoms with van der Waals surface area (Å²) in [5.74, 6) is -1.39. The Morgan fingerprint density at radius 3 is 2.09 bits per heavy atom. The Morgan fingerprint density at radius 1 is 0.909 bits per heavy atom. The molecular formula is C17H13Cl2NO2. The van der Waals surface area contributed by atoms with Crippen LogP contribution < -0.4 is 4.90 Å². The van der Waals surface area contributed by atoms with E-state index < -0.39 is 11.8 Å². The molecule has 0 bridgehead atoms. The van der Waals surface area contributed by atoms with Crippen molar-refractivity contribution >= 4 is 40.7 Å². The molecule has 2 aromatic rings. The number of imide groups is 1. The fourth-order valence-corrected chi connectivity index (χ4v) is 3.34. The second-order valence-corrected chi connectivity index (χ2v) is 6.19. The normalized spacial score (nSPS) is 21.5. The zero-order chi connectivity index (χ0) is 15.9. The van der Waals surface area contributed by atoms with Crippen molar-refractivity contribution in [2.75, 3.05) is 4.90 Å². The molecule has 5 heteroatoms. The van der Waals surface area contributed by atoms with Gasteiger partial charge >= 0.3 is 0 Å². The molecule has 0 aliphatic carbocycles. The molecule has 1 aliphatic rings. The van der Waals surface area contributed by atoms with Gasteiger partial charge in [-0.25, -0.2) is 4.90 Å². The van der Waals surface area contributed by atoms with Crippen LogP contribution in [0.2, 0.25) is 10.0 Å². The number of carbonyl (C=O) groups excluding carboxylic acids is 2. The van der Waals surface area contributed by atoms with Crippen LogP contribution in [0, 0.1) is 5.92 Å². The van der Waals surface area contributed by atoms with E-state index in [1.165, 1.54) is 4.90 Å². The minimum atomic E-state index is -0.480. The lowest BCUT2D eigenvalue weighted by Crippen LogP contribution is -2.30. The number of amides is 2. The van der Waals surface area contributed by atoms with Crippen molar-refractivity contribution in [1.29, 1.82) is 0 Å². The summed E-state index contributed by atoms with van der Waals surface area (Å²) in [4.78, 5) is 26.5. The van der Waals surface area contributed by atoms with Crippen LogP contribution in [0.5, 0.6) is 0 Å². The molecule has 1 aliphatic heterocycles. The van der Waals surface area contributed by atoms with Crippen molar-refractivity contribution in [3.8, 4) is 0 Å². The van der Waals surface area contributed by atoms with Crippen LogP contribution in [0.1, 0.15) is 18.4 Å². The van der Waals surface area contributed by atoms with E-state index in [2.05, 4.69) is 0 Å². The quantitative estimate of drug-likeness (QED) is 0.769. The van der Waals surface area contributed by atoms with E-state index in [0.29, 0.717) is 15.7 Å². The number of nitrogens with zero attached hydrogens (tertiary/aromatic N) is 1. The van der Waals surface area contributed by atoms with Crippen molar-refractivity contribution in [3.05, 3.63) is 64.1 Å². The fraction of sp³-hybridized carbons (Fsp3) is 0.176. The number of hydrogen-bond acceptors (Lipinski definition) is 2. The predicted molar refractivity (Wildman–Crippen MR) is 87.3 cm³/mol. The second kappa shape index (κ2) is 5.75. The van der Waals surface area contributed by atoms with Crippen molar-refractivity contribution in [2.24, 2.45) is 5.92 Å². The smallest absolute Gasteiger partial charge is 0.242 e. The molecule has 1 heterocycles. The first kappa shape index (κ1) is 15.1. The first-order chi connectivity index (χ1) is 10.5. The summed E-state index contributed by atoms with van der Waals surface area (Å²) in [5.41, 5.74) is 1.25. The zero-order valence-electron chi connectivity index (χ0n) is 11.8. The van der Waals surface area contributed by atoms with Gasteiger partial charge in [0.2, 0.25) is 11.8 Å². The maximum Gasteiger partial charge on any atom is 0.242 e. The van der Waals surface area contributed by atoms with Gasteiger partial charge in [-0.1, -0.05) is 60.5 Å². The molecule has 112 valence electrons. The monoisotopic (exact) mass is 333 g/mol. The average Bonchev–Trinajstić information content (AvgIpc) is 2.69. The van der Waals surface area contributed by atoms with Crippen LogP contribution in [-0.2, 0) is 9.59 Å². The number of halogens is 2. The van der Waals surface area contributed by atoms with Gasteiger partial charge in [0.15, 0.2) is 0 Å². The van der Waals surface area contributed by atoms with E-state index in [1.807, 2.05) is 30.3 Å². The van der Waals surface area contributed by atoms with Gasteiger partial charge in [0.1, 0.15) is 0 Å². The molecule has 0 N–H and O–H groups in total. The highest BCUT2D eigenvalue weighted by atomic mass is 35.5. The van der Waals surface area contributed by atoms with Crippen molar-refractivity contribution in [1.82, 2.24) is 0 Å². The highest BCUT2D eigenvalue weighted by Gasteiger charge is 2.46. The van der Waals surface area contributed by atoms with Crippen molar-refractivity contribution in [3.63, 3.8) is 0 Å². The van der Waals surface area contributed by atoms with E-state index in [-0.39, 0.29) is 11.8 Å². The van der Waals surface area contributed by atoms with Crippen molar-refractivity contribution in [2.45, 2.75) is 12.8 Å². The third kappa shape index (κ3) is 2.51. The van der Waals surface area contributed by atoms with E-state index in [4.69, 9.17) is 23.2 Å². The number of anilines is 1. The topological polar surface area (TPSA) is 37.4 Å². The molecule has 22 heavy (non-hydrogen) atoms. The van der Waals surface area contributed by atoms with Crippen molar-refractivity contribution < 1.29 is 9.59 Å². The first-order valence-corrected chi connectivity index (χ1v) is 7.63. The third-order valence-corrected chi connectivity index (χ3v) is 4.30. The number of rotatable bonds is 2. The Labute approximate surface area is 138 Å². The van der Waals surface area contributed by atoms with Gasteiger partial charge in [-0.3, -0.25) is 9.59 Å². The van der Waals surface area contributed by atoms with E-state index >= 15 is 0 Å². The molecule has 3 rings (SSSR count). The van der Waals surface area contributed by atoms with E-state index in [0.717, 1.165) is 5.56 Å². The summed E-state index contributed by atoms with van der Waals surface area (Å²) in [6.07, 6.45) is 0. The minimum absolute atomic E-state index is 0.239. The van der Waals surface area contributed by atoms with Gasteiger partial charge in [0.25, 0.3) is 0 Å². The van der Waals surface area contributed by atoms with Gasteiger partial charge in [0, 0.05) is 10.0 Å². The molecular weight excluding hydrogens is 321 g/mol. The van der Waals surface area contributed by atoms with Gasteiger partial charge in [0.05, 0.1) is 17.5 Å². The second-order valence-electron chi connectivity index (χ2n) is 5.32. The molecule has 2 amide bonds. The molecule has 1 fully saturated rings. The van der Waals surface area contributed by atoms with Gasteiger partial charge in [-0.15, -0.1) is 0 Å². The molecule has 1 unspecified atom stereocenters. The minimum Gasteiger partial charge on any atom is -0.274 e. The SMILES string of the molecule is C[C@@H]1C(=O)N(c2cc(Cl)cc(Cl)c2)C(=O)C1c1ccccc1. The summed E-state index contributed by atoms with van der Waals surface area (Å²) < 4.78 is 0. The Bertz CT molecular complexity index is 725.